The van der Waals surface area contributed by atoms with Crippen molar-refractivity contribution < 1.29 is 17.9 Å². The van der Waals surface area contributed by atoms with Crippen molar-refractivity contribution in [1.29, 1.82) is 0 Å². The molecule has 6 nitrogen and oxygen atoms in total. The minimum absolute atomic E-state index is 0.00938. The van der Waals surface area contributed by atoms with Crippen LogP contribution in [0.1, 0.15) is 17.5 Å². The number of sulfonamides is 1. The molecule has 0 aromatic heterocycles. The Balaban J connectivity index is 1.46. The van der Waals surface area contributed by atoms with E-state index in [9.17, 15) is 13.2 Å². The lowest BCUT2D eigenvalue weighted by Gasteiger charge is -2.12. The number of nitrogens with one attached hydrogen (secondary N) is 2. The molecule has 3 aromatic rings. The highest BCUT2D eigenvalue weighted by molar-refractivity contribution is 7.92. The maximum absolute atomic E-state index is 12.1. The van der Waals surface area contributed by atoms with E-state index in [-0.39, 0.29) is 25.4 Å². The summed E-state index contributed by atoms with van der Waals surface area (Å²) in [6.45, 7) is 0.290. The van der Waals surface area contributed by atoms with Gasteiger partial charge in [0.15, 0.2) is 0 Å². The normalized spacial score (nSPS) is 11.4. The molecule has 2 N–H and O–H groups in total. The number of rotatable bonds is 10. The van der Waals surface area contributed by atoms with Crippen LogP contribution in [0.4, 0.5) is 0 Å². The van der Waals surface area contributed by atoms with Gasteiger partial charge in [0.25, 0.3) is 0 Å². The largest absolute Gasteiger partial charge is 0.457 e. The van der Waals surface area contributed by atoms with Crippen LogP contribution < -0.4 is 14.8 Å². The van der Waals surface area contributed by atoms with Gasteiger partial charge in [0.05, 0.1) is 0 Å². The molecule has 1 amide bonds. The highest BCUT2D eigenvalue weighted by Crippen LogP contribution is 2.24. The smallest absolute Gasteiger partial charge is 0.233 e. The van der Waals surface area contributed by atoms with Gasteiger partial charge >= 0.3 is 0 Å². The highest BCUT2D eigenvalue weighted by Gasteiger charge is 2.09. The van der Waals surface area contributed by atoms with Gasteiger partial charge < -0.3 is 10.1 Å². The van der Waals surface area contributed by atoms with Crippen molar-refractivity contribution in [3.05, 3.63) is 101 Å². The van der Waals surface area contributed by atoms with E-state index in [2.05, 4.69) is 10.0 Å². The number of hydrogen-bond acceptors (Lipinski definition) is 4. The van der Waals surface area contributed by atoms with Crippen LogP contribution in [0.3, 0.4) is 0 Å². The Morgan fingerprint density at radius 2 is 1.52 bits per heavy atom. The molecule has 0 unspecified atom stereocenters. The zero-order chi connectivity index (χ0) is 21.9. The van der Waals surface area contributed by atoms with E-state index in [4.69, 9.17) is 4.74 Å². The van der Waals surface area contributed by atoms with Gasteiger partial charge in [-0.25, -0.2) is 13.1 Å². The molecule has 0 saturated carbocycles. The molecule has 0 heterocycles. The first-order valence-corrected chi connectivity index (χ1v) is 11.4. The molecule has 0 fully saturated rings. The molecule has 0 spiro atoms. The SMILES string of the molecule is O=C(CCNS(=O)(=O)/C=C/c1ccccc1)NCc1ccccc1Oc1ccccc1. The van der Waals surface area contributed by atoms with E-state index < -0.39 is 10.0 Å². The molecular formula is C24H24N2O4S. The number of carbonyl (C=O) groups is 1. The van der Waals surface area contributed by atoms with E-state index in [1.54, 1.807) is 12.1 Å². The Morgan fingerprint density at radius 3 is 2.26 bits per heavy atom. The molecule has 0 aliphatic rings. The Morgan fingerprint density at radius 1 is 0.871 bits per heavy atom. The Labute approximate surface area is 182 Å². The van der Waals surface area contributed by atoms with Crippen molar-refractivity contribution in [3.63, 3.8) is 0 Å². The lowest BCUT2D eigenvalue weighted by atomic mass is 10.2. The predicted molar refractivity (Wildman–Crippen MR) is 122 cm³/mol. The molecule has 0 saturated heterocycles. The summed E-state index contributed by atoms with van der Waals surface area (Å²) >= 11 is 0. The lowest BCUT2D eigenvalue weighted by Crippen LogP contribution is -2.29. The van der Waals surface area contributed by atoms with E-state index in [0.717, 1.165) is 16.5 Å². The third-order valence-corrected chi connectivity index (χ3v) is 5.42. The summed E-state index contributed by atoms with van der Waals surface area (Å²) in [7, 11) is -3.61. The van der Waals surface area contributed by atoms with Gasteiger partial charge in [-0.2, -0.15) is 0 Å². The van der Waals surface area contributed by atoms with Gasteiger partial charge in [0, 0.05) is 30.5 Å². The number of para-hydroxylation sites is 2. The quantitative estimate of drug-likeness (QED) is 0.502. The zero-order valence-corrected chi connectivity index (χ0v) is 17.7. The Kier molecular flexibility index (Phi) is 7.98. The van der Waals surface area contributed by atoms with Crippen molar-refractivity contribution >= 4 is 22.0 Å². The maximum atomic E-state index is 12.1. The fourth-order valence-corrected chi connectivity index (χ4v) is 3.55. The first-order valence-electron chi connectivity index (χ1n) is 9.82. The number of hydrogen-bond donors (Lipinski definition) is 2. The van der Waals surface area contributed by atoms with Gasteiger partial charge in [0.1, 0.15) is 11.5 Å². The minimum Gasteiger partial charge on any atom is -0.457 e. The molecule has 160 valence electrons. The number of benzene rings is 3. The summed E-state index contributed by atoms with van der Waals surface area (Å²) in [5.41, 5.74) is 1.60. The fourth-order valence-electron chi connectivity index (χ4n) is 2.73. The second kappa shape index (κ2) is 11.1. The van der Waals surface area contributed by atoms with E-state index in [1.165, 1.54) is 6.08 Å². The summed E-state index contributed by atoms with van der Waals surface area (Å²) in [5, 5.41) is 3.89. The standard InChI is InChI=1S/C24H24N2O4S/c27-24(15-17-26-31(28,29)18-16-20-9-3-1-4-10-20)25-19-21-11-7-8-14-23(21)30-22-12-5-2-6-13-22/h1-14,16,18,26H,15,17,19H2,(H,25,27)/b18-16+. The van der Waals surface area contributed by atoms with Crippen LogP contribution >= 0.6 is 0 Å². The van der Waals surface area contributed by atoms with Crippen LogP contribution in [-0.2, 0) is 21.4 Å². The molecule has 7 heteroatoms. The number of ether oxygens (including phenoxy) is 1. The second-order valence-electron chi connectivity index (χ2n) is 6.70. The topological polar surface area (TPSA) is 84.5 Å². The summed E-state index contributed by atoms with van der Waals surface area (Å²) in [6.07, 6.45) is 1.53. The Hall–Kier alpha value is -3.42. The van der Waals surface area contributed by atoms with Crippen molar-refractivity contribution in [2.45, 2.75) is 13.0 Å². The molecular weight excluding hydrogens is 412 g/mol. The summed E-state index contributed by atoms with van der Waals surface area (Å²) < 4.78 is 32.4. The Bertz CT molecular complexity index is 1110. The van der Waals surface area contributed by atoms with Gasteiger partial charge in [-0.1, -0.05) is 66.7 Å². The van der Waals surface area contributed by atoms with Crippen LogP contribution in [0, 0.1) is 0 Å². The third kappa shape index (κ3) is 7.73. The second-order valence-corrected chi connectivity index (χ2v) is 8.35. The number of amides is 1. The fraction of sp³-hybridized carbons (Fsp3) is 0.125. The summed E-state index contributed by atoms with van der Waals surface area (Å²) in [6, 6.07) is 25.9. The van der Waals surface area contributed by atoms with Crippen LogP contribution in [0.15, 0.2) is 90.3 Å². The first kappa shape index (κ1) is 22.3. The van der Waals surface area contributed by atoms with E-state index in [1.807, 2.05) is 72.8 Å². The van der Waals surface area contributed by atoms with Gasteiger partial charge in [-0.15, -0.1) is 0 Å². The predicted octanol–water partition coefficient (Wildman–Crippen LogP) is 4.08. The monoisotopic (exact) mass is 436 g/mol. The molecule has 0 radical (unpaired) electrons. The zero-order valence-electron chi connectivity index (χ0n) is 16.9. The van der Waals surface area contributed by atoms with Crippen LogP contribution in [0.5, 0.6) is 11.5 Å². The highest BCUT2D eigenvalue weighted by atomic mass is 32.2. The molecule has 3 aromatic carbocycles. The average Bonchev–Trinajstić information content (AvgIpc) is 2.78. The van der Waals surface area contributed by atoms with Crippen LogP contribution in [0.2, 0.25) is 0 Å². The van der Waals surface area contributed by atoms with Crippen molar-refractivity contribution in [2.24, 2.45) is 0 Å². The van der Waals surface area contributed by atoms with E-state index in [0.29, 0.717) is 11.5 Å². The van der Waals surface area contributed by atoms with Gasteiger partial charge in [0.2, 0.25) is 15.9 Å². The van der Waals surface area contributed by atoms with Crippen molar-refractivity contribution in [3.8, 4) is 11.5 Å². The molecule has 0 aliphatic heterocycles. The average molecular weight is 437 g/mol. The minimum atomic E-state index is -3.61. The summed E-state index contributed by atoms with van der Waals surface area (Å²) in [4.78, 5) is 12.1. The molecule has 0 aliphatic carbocycles. The van der Waals surface area contributed by atoms with E-state index >= 15 is 0 Å². The maximum Gasteiger partial charge on any atom is 0.233 e. The van der Waals surface area contributed by atoms with Crippen molar-refractivity contribution in [1.82, 2.24) is 10.0 Å². The van der Waals surface area contributed by atoms with Crippen LogP contribution in [-0.4, -0.2) is 20.9 Å². The summed E-state index contributed by atoms with van der Waals surface area (Å²) in [5.74, 6) is 1.10. The third-order valence-electron chi connectivity index (χ3n) is 4.31. The van der Waals surface area contributed by atoms with Gasteiger partial charge in [-0.3, -0.25) is 4.79 Å². The molecule has 3 rings (SSSR count). The molecule has 31 heavy (non-hydrogen) atoms. The lowest BCUT2D eigenvalue weighted by molar-refractivity contribution is -0.121. The molecule has 0 atom stereocenters. The van der Waals surface area contributed by atoms with Crippen molar-refractivity contribution in [2.75, 3.05) is 6.54 Å². The number of carbonyl (C=O) groups excluding carboxylic acids is 1. The first-order chi connectivity index (χ1) is 15.0. The van der Waals surface area contributed by atoms with Crippen LogP contribution in [0.25, 0.3) is 6.08 Å². The molecule has 0 bridgehead atoms. The van der Waals surface area contributed by atoms with Gasteiger partial charge in [-0.05, 0) is 29.8 Å².